The van der Waals surface area contributed by atoms with Gasteiger partial charge in [0.15, 0.2) is 0 Å². The summed E-state index contributed by atoms with van der Waals surface area (Å²) < 4.78 is 0. The molecule has 1 heterocycles. The third-order valence-corrected chi connectivity index (χ3v) is 3.03. The summed E-state index contributed by atoms with van der Waals surface area (Å²) in [6, 6.07) is 12.4. The van der Waals surface area contributed by atoms with Gasteiger partial charge in [-0.05, 0) is 31.2 Å². The van der Waals surface area contributed by atoms with Crippen LogP contribution >= 0.6 is 0 Å². The van der Waals surface area contributed by atoms with Crippen LogP contribution in [-0.4, -0.2) is 18.1 Å². The zero-order valence-corrected chi connectivity index (χ0v) is 11.1. The first kappa shape index (κ1) is 12.8. The van der Waals surface area contributed by atoms with E-state index in [4.69, 9.17) is 0 Å². The molecule has 2 nitrogen and oxygen atoms in total. The Hall–Kier alpha value is -1.67. The summed E-state index contributed by atoms with van der Waals surface area (Å²) in [4.78, 5) is 4.67. The lowest BCUT2D eigenvalue weighted by molar-refractivity contribution is 0.762. The van der Waals surface area contributed by atoms with Gasteiger partial charge in [0.05, 0.1) is 11.2 Å². The van der Waals surface area contributed by atoms with Gasteiger partial charge in [0.25, 0.3) is 0 Å². The van der Waals surface area contributed by atoms with Crippen LogP contribution in [0.2, 0.25) is 0 Å². The maximum atomic E-state index is 4.67. The van der Waals surface area contributed by atoms with Crippen molar-refractivity contribution in [2.24, 2.45) is 0 Å². The fraction of sp³-hybridized carbons (Fsp3) is 0.312. The van der Waals surface area contributed by atoms with E-state index in [2.05, 4.69) is 54.5 Å². The van der Waals surface area contributed by atoms with Crippen molar-refractivity contribution in [3.05, 3.63) is 47.7 Å². The Balaban J connectivity index is 2.26. The second kappa shape index (κ2) is 6.31. The van der Waals surface area contributed by atoms with Gasteiger partial charge >= 0.3 is 0 Å². The number of rotatable bonds is 5. The quantitative estimate of drug-likeness (QED) is 0.863. The average molecular weight is 240 g/mol. The Morgan fingerprint density at radius 3 is 2.78 bits per heavy atom. The number of pyridine rings is 1. The molecule has 0 bridgehead atoms. The normalized spacial score (nSPS) is 12.0. The van der Waals surface area contributed by atoms with E-state index in [1.54, 1.807) is 0 Å². The SMILES string of the molecule is CCNCC(=Cc1ccc2ccccc2n1)CC. The monoisotopic (exact) mass is 240 g/mol. The number of likely N-dealkylation sites (N-methyl/N-ethyl adjacent to an activating group) is 1. The van der Waals surface area contributed by atoms with E-state index in [1.165, 1.54) is 11.0 Å². The van der Waals surface area contributed by atoms with Crippen LogP contribution in [0.5, 0.6) is 0 Å². The second-order valence-corrected chi connectivity index (χ2v) is 4.37. The summed E-state index contributed by atoms with van der Waals surface area (Å²) >= 11 is 0. The molecule has 2 heteroatoms. The highest BCUT2D eigenvalue weighted by Gasteiger charge is 1.98. The van der Waals surface area contributed by atoms with Crippen LogP contribution in [0, 0.1) is 0 Å². The molecule has 0 amide bonds. The molecule has 1 aromatic heterocycles. The van der Waals surface area contributed by atoms with Gasteiger partial charge in [0.1, 0.15) is 0 Å². The van der Waals surface area contributed by atoms with E-state index in [9.17, 15) is 0 Å². The Morgan fingerprint density at radius 2 is 2.00 bits per heavy atom. The molecule has 94 valence electrons. The molecule has 0 spiro atoms. The molecule has 1 aromatic carbocycles. The molecular weight excluding hydrogens is 220 g/mol. The summed E-state index contributed by atoms with van der Waals surface area (Å²) in [5.74, 6) is 0. The lowest BCUT2D eigenvalue weighted by Crippen LogP contribution is -2.15. The van der Waals surface area contributed by atoms with Crippen LogP contribution in [-0.2, 0) is 0 Å². The number of hydrogen-bond donors (Lipinski definition) is 1. The van der Waals surface area contributed by atoms with Gasteiger partial charge in [0.2, 0.25) is 0 Å². The average Bonchev–Trinajstić information content (AvgIpc) is 2.43. The maximum absolute atomic E-state index is 4.67. The molecule has 18 heavy (non-hydrogen) atoms. The van der Waals surface area contributed by atoms with Crippen molar-refractivity contribution in [3.63, 3.8) is 0 Å². The molecule has 0 aliphatic heterocycles. The number of hydrogen-bond acceptors (Lipinski definition) is 2. The molecule has 0 aliphatic carbocycles. The van der Waals surface area contributed by atoms with Crippen molar-refractivity contribution in [1.82, 2.24) is 10.3 Å². The number of fused-ring (bicyclic) bond motifs is 1. The van der Waals surface area contributed by atoms with Crippen LogP contribution in [0.15, 0.2) is 42.0 Å². The van der Waals surface area contributed by atoms with E-state index in [0.29, 0.717) is 0 Å². The standard InChI is InChI=1S/C16H20N2/c1-3-13(12-17-4-2)11-15-10-9-14-7-5-6-8-16(14)18-15/h5-11,17H,3-4,12H2,1-2H3. The molecule has 0 aliphatic rings. The van der Waals surface area contributed by atoms with E-state index in [-0.39, 0.29) is 0 Å². The van der Waals surface area contributed by atoms with Crippen molar-refractivity contribution >= 4 is 17.0 Å². The molecule has 0 saturated carbocycles. The Bertz CT molecular complexity index is 544. The third kappa shape index (κ3) is 3.17. The van der Waals surface area contributed by atoms with Crippen molar-refractivity contribution in [1.29, 1.82) is 0 Å². The molecule has 0 radical (unpaired) electrons. The van der Waals surface area contributed by atoms with Crippen LogP contribution in [0.4, 0.5) is 0 Å². The van der Waals surface area contributed by atoms with Gasteiger partial charge < -0.3 is 5.32 Å². The molecule has 1 N–H and O–H groups in total. The minimum Gasteiger partial charge on any atom is -0.313 e. The topological polar surface area (TPSA) is 24.9 Å². The third-order valence-electron chi connectivity index (χ3n) is 3.03. The first-order chi connectivity index (χ1) is 8.83. The van der Waals surface area contributed by atoms with Gasteiger partial charge in [-0.15, -0.1) is 0 Å². The maximum Gasteiger partial charge on any atom is 0.0709 e. The van der Waals surface area contributed by atoms with Crippen LogP contribution in [0.3, 0.4) is 0 Å². The molecule has 0 unspecified atom stereocenters. The van der Waals surface area contributed by atoms with Gasteiger partial charge in [-0.3, -0.25) is 0 Å². The van der Waals surface area contributed by atoms with E-state index >= 15 is 0 Å². The van der Waals surface area contributed by atoms with Crippen LogP contribution in [0.25, 0.3) is 17.0 Å². The predicted octanol–water partition coefficient (Wildman–Crippen LogP) is 3.64. The largest absolute Gasteiger partial charge is 0.313 e. The fourth-order valence-electron chi connectivity index (χ4n) is 1.93. The smallest absolute Gasteiger partial charge is 0.0709 e. The van der Waals surface area contributed by atoms with Crippen molar-refractivity contribution < 1.29 is 0 Å². The molecule has 0 fully saturated rings. The summed E-state index contributed by atoms with van der Waals surface area (Å²) in [6.07, 6.45) is 3.25. The summed E-state index contributed by atoms with van der Waals surface area (Å²) in [6.45, 7) is 6.26. The van der Waals surface area contributed by atoms with Gasteiger partial charge in [-0.2, -0.15) is 0 Å². The van der Waals surface area contributed by atoms with Gasteiger partial charge in [-0.1, -0.05) is 43.7 Å². The van der Waals surface area contributed by atoms with Crippen molar-refractivity contribution in [2.75, 3.05) is 13.1 Å². The summed E-state index contributed by atoms with van der Waals surface area (Å²) in [5.41, 5.74) is 3.49. The molecular formula is C16H20N2. The highest BCUT2D eigenvalue weighted by atomic mass is 14.8. The Labute approximate surface area is 109 Å². The summed E-state index contributed by atoms with van der Waals surface area (Å²) in [7, 11) is 0. The van der Waals surface area contributed by atoms with Crippen LogP contribution < -0.4 is 5.32 Å². The number of aromatic nitrogens is 1. The number of nitrogens with zero attached hydrogens (tertiary/aromatic N) is 1. The first-order valence-electron chi connectivity index (χ1n) is 6.59. The molecule has 2 aromatic rings. The number of benzene rings is 1. The Morgan fingerprint density at radius 1 is 1.17 bits per heavy atom. The molecule has 0 saturated heterocycles. The van der Waals surface area contributed by atoms with E-state index in [0.717, 1.165) is 30.7 Å². The highest BCUT2D eigenvalue weighted by molar-refractivity contribution is 5.79. The van der Waals surface area contributed by atoms with Crippen molar-refractivity contribution in [3.8, 4) is 0 Å². The predicted molar refractivity (Wildman–Crippen MR) is 78.6 cm³/mol. The minimum atomic E-state index is 0.946. The lowest BCUT2D eigenvalue weighted by atomic mass is 10.1. The fourth-order valence-corrected chi connectivity index (χ4v) is 1.93. The molecule has 0 atom stereocenters. The van der Waals surface area contributed by atoms with Crippen molar-refractivity contribution in [2.45, 2.75) is 20.3 Å². The minimum absolute atomic E-state index is 0.946. The van der Waals surface area contributed by atoms with Crippen LogP contribution in [0.1, 0.15) is 26.0 Å². The lowest BCUT2D eigenvalue weighted by Gasteiger charge is -2.05. The van der Waals surface area contributed by atoms with E-state index in [1.807, 2.05) is 12.1 Å². The van der Waals surface area contributed by atoms with Gasteiger partial charge in [0, 0.05) is 11.9 Å². The number of para-hydroxylation sites is 1. The van der Waals surface area contributed by atoms with Gasteiger partial charge in [-0.25, -0.2) is 4.98 Å². The zero-order chi connectivity index (χ0) is 12.8. The second-order valence-electron chi connectivity index (χ2n) is 4.37. The zero-order valence-electron chi connectivity index (χ0n) is 11.1. The first-order valence-corrected chi connectivity index (χ1v) is 6.59. The Kier molecular flexibility index (Phi) is 4.48. The summed E-state index contributed by atoms with van der Waals surface area (Å²) in [5, 5.41) is 4.55. The van der Waals surface area contributed by atoms with E-state index < -0.39 is 0 Å². The number of nitrogens with one attached hydrogen (secondary N) is 1. The molecule has 2 rings (SSSR count). The highest BCUT2D eigenvalue weighted by Crippen LogP contribution is 2.14.